The maximum absolute atomic E-state index is 13.0. The average molecular weight is 398 g/mol. The topological polar surface area (TPSA) is 70.9 Å². The minimum absolute atomic E-state index is 0.0268. The number of carbonyl (C=O) groups excluding carboxylic acids is 3. The van der Waals surface area contributed by atoms with Gasteiger partial charge >= 0.3 is 6.18 Å². The van der Waals surface area contributed by atoms with E-state index in [-0.39, 0.29) is 42.6 Å². The van der Waals surface area contributed by atoms with Crippen molar-refractivity contribution in [2.24, 2.45) is 11.8 Å². The van der Waals surface area contributed by atoms with Crippen LogP contribution in [0.25, 0.3) is 0 Å². The van der Waals surface area contributed by atoms with Crippen LogP contribution in [0, 0.1) is 11.8 Å². The second-order valence-electron chi connectivity index (χ2n) is 7.49. The van der Waals surface area contributed by atoms with Gasteiger partial charge in [0.1, 0.15) is 0 Å². The number of halogens is 3. The van der Waals surface area contributed by atoms with Crippen LogP contribution in [0.2, 0.25) is 0 Å². The van der Waals surface area contributed by atoms with Crippen molar-refractivity contribution in [2.75, 3.05) is 25.6 Å². The van der Waals surface area contributed by atoms with Crippen molar-refractivity contribution < 1.29 is 32.5 Å². The minimum atomic E-state index is -4.58. The van der Waals surface area contributed by atoms with Crippen molar-refractivity contribution in [3.63, 3.8) is 0 Å². The molecule has 3 amide bonds. The molecular formula is C19H23F3N3O3+. The molecule has 152 valence electrons. The lowest BCUT2D eigenvalue weighted by molar-refractivity contribution is -0.878. The summed E-state index contributed by atoms with van der Waals surface area (Å²) in [5.74, 6) is -1.54. The van der Waals surface area contributed by atoms with Gasteiger partial charge in [-0.3, -0.25) is 14.4 Å². The lowest BCUT2D eigenvalue weighted by Gasteiger charge is -2.20. The van der Waals surface area contributed by atoms with Crippen LogP contribution < -0.4 is 10.2 Å². The van der Waals surface area contributed by atoms with Gasteiger partial charge in [-0.25, -0.2) is 4.90 Å². The highest BCUT2D eigenvalue weighted by Gasteiger charge is 2.49. The molecule has 1 unspecified atom stereocenters. The Hall–Kier alpha value is -2.42. The Bertz CT molecular complexity index is 757. The van der Waals surface area contributed by atoms with Gasteiger partial charge in [-0.2, -0.15) is 13.2 Å². The van der Waals surface area contributed by atoms with Crippen LogP contribution in [-0.2, 0) is 20.6 Å². The van der Waals surface area contributed by atoms with Gasteiger partial charge in [0.25, 0.3) is 5.91 Å². The van der Waals surface area contributed by atoms with Crippen molar-refractivity contribution in [1.82, 2.24) is 4.90 Å². The average Bonchev–Trinajstić information content (AvgIpc) is 2.86. The number of imide groups is 1. The number of nitrogens with zero attached hydrogens (tertiary/aromatic N) is 1. The molecule has 0 aromatic heterocycles. The number of likely N-dealkylation sites (N-methyl/N-ethyl adjacent to an activating group) is 1. The first-order valence-corrected chi connectivity index (χ1v) is 9.31. The van der Waals surface area contributed by atoms with E-state index >= 15 is 0 Å². The molecular weight excluding hydrogens is 375 g/mol. The van der Waals surface area contributed by atoms with E-state index in [1.54, 1.807) is 7.05 Å². The molecule has 6 nitrogen and oxygen atoms in total. The number of nitrogens with one attached hydrogen (secondary N) is 2. The summed E-state index contributed by atoms with van der Waals surface area (Å²) < 4.78 is 39.1. The first-order chi connectivity index (χ1) is 13.2. The summed E-state index contributed by atoms with van der Waals surface area (Å²) in [6.45, 7) is -0.141. The Morgan fingerprint density at radius 1 is 1.14 bits per heavy atom. The third kappa shape index (κ3) is 4.19. The van der Waals surface area contributed by atoms with Crippen molar-refractivity contribution in [2.45, 2.75) is 31.9 Å². The van der Waals surface area contributed by atoms with Crippen LogP contribution in [-0.4, -0.2) is 42.9 Å². The number of hydrogen-bond acceptors (Lipinski definition) is 3. The molecule has 0 radical (unpaired) electrons. The van der Waals surface area contributed by atoms with Gasteiger partial charge in [-0.05, 0) is 25.0 Å². The smallest absolute Gasteiger partial charge is 0.321 e. The number of para-hydroxylation sites is 1. The molecule has 1 aliphatic carbocycles. The molecule has 1 heterocycles. The fourth-order valence-electron chi connectivity index (χ4n) is 4.02. The van der Waals surface area contributed by atoms with Crippen LogP contribution >= 0.6 is 0 Å². The number of alkyl halides is 3. The number of amides is 3. The normalized spacial score (nSPS) is 23.5. The minimum Gasteiger partial charge on any atom is -0.321 e. The maximum Gasteiger partial charge on any atom is 0.418 e. The number of fused-ring (bicyclic) bond motifs is 1. The molecule has 0 bridgehead atoms. The molecule has 2 aliphatic rings. The Kier molecular flexibility index (Phi) is 5.74. The Morgan fingerprint density at radius 2 is 1.71 bits per heavy atom. The molecule has 28 heavy (non-hydrogen) atoms. The first-order valence-electron chi connectivity index (χ1n) is 9.31. The number of rotatable bonds is 5. The Balaban J connectivity index is 1.60. The number of quaternary nitrogens is 1. The van der Waals surface area contributed by atoms with E-state index < -0.39 is 17.6 Å². The van der Waals surface area contributed by atoms with Crippen LogP contribution in [0.4, 0.5) is 18.9 Å². The first kappa shape index (κ1) is 20.3. The summed E-state index contributed by atoms with van der Waals surface area (Å²) in [7, 11) is 1.62. The van der Waals surface area contributed by atoms with Crippen molar-refractivity contribution in [3.8, 4) is 0 Å². The Morgan fingerprint density at radius 3 is 2.29 bits per heavy atom. The highest BCUT2D eigenvalue weighted by Crippen LogP contribution is 2.37. The highest BCUT2D eigenvalue weighted by molar-refractivity contribution is 6.05. The largest absolute Gasteiger partial charge is 0.418 e. The molecule has 3 rings (SSSR count). The molecule has 0 spiro atoms. The molecule has 1 aromatic rings. The quantitative estimate of drug-likeness (QED) is 0.735. The van der Waals surface area contributed by atoms with Gasteiger partial charge in [0.2, 0.25) is 11.8 Å². The highest BCUT2D eigenvalue weighted by atomic mass is 19.4. The zero-order valence-electron chi connectivity index (χ0n) is 15.5. The van der Waals surface area contributed by atoms with E-state index in [2.05, 4.69) is 5.32 Å². The zero-order valence-corrected chi connectivity index (χ0v) is 15.5. The third-order valence-electron chi connectivity index (χ3n) is 5.33. The Labute approximate surface area is 160 Å². The van der Waals surface area contributed by atoms with Gasteiger partial charge in [-0.15, -0.1) is 0 Å². The van der Waals surface area contributed by atoms with E-state index in [0.717, 1.165) is 18.9 Å². The van der Waals surface area contributed by atoms with Crippen LogP contribution in [0.5, 0.6) is 0 Å². The molecule has 9 heteroatoms. The lowest BCUT2D eigenvalue weighted by atomic mass is 9.81. The molecule has 1 aromatic carbocycles. The lowest BCUT2D eigenvalue weighted by Crippen LogP contribution is -3.11. The molecule has 2 fully saturated rings. The summed E-state index contributed by atoms with van der Waals surface area (Å²) in [4.78, 5) is 38.9. The van der Waals surface area contributed by atoms with Gasteiger partial charge in [0.05, 0.1) is 30.1 Å². The second kappa shape index (κ2) is 7.90. The van der Waals surface area contributed by atoms with E-state index in [9.17, 15) is 27.6 Å². The summed E-state index contributed by atoms with van der Waals surface area (Å²) >= 11 is 0. The van der Waals surface area contributed by atoms with Crippen molar-refractivity contribution in [1.29, 1.82) is 0 Å². The monoisotopic (exact) mass is 398 g/mol. The molecule has 1 saturated heterocycles. The van der Waals surface area contributed by atoms with E-state index in [1.165, 1.54) is 23.1 Å². The number of benzene rings is 1. The van der Waals surface area contributed by atoms with Crippen molar-refractivity contribution >= 4 is 23.4 Å². The van der Waals surface area contributed by atoms with Crippen LogP contribution in [0.15, 0.2) is 24.3 Å². The van der Waals surface area contributed by atoms with E-state index in [1.807, 2.05) is 0 Å². The molecule has 1 aliphatic heterocycles. The van der Waals surface area contributed by atoms with E-state index in [4.69, 9.17) is 0 Å². The van der Waals surface area contributed by atoms with Gasteiger partial charge in [0.15, 0.2) is 13.2 Å². The number of anilines is 1. The summed E-state index contributed by atoms with van der Waals surface area (Å²) in [5, 5.41) is 2.28. The second-order valence-corrected chi connectivity index (χ2v) is 7.49. The van der Waals surface area contributed by atoms with E-state index in [0.29, 0.717) is 17.7 Å². The third-order valence-corrected chi connectivity index (χ3v) is 5.33. The predicted octanol–water partition coefficient (Wildman–Crippen LogP) is 1.29. The van der Waals surface area contributed by atoms with Crippen molar-refractivity contribution in [3.05, 3.63) is 29.8 Å². The number of hydrogen-bond donors (Lipinski definition) is 2. The summed E-state index contributed by atoms with van der Waals surface area (Å²) in [6, 6.07) is 4.74. The number of likely N-dealkylation sites (tertiary alicyclic amines) is 1. The van der Waals surface area contributed by atoms with Gasteiger partial charge in [0, 0.05) is 0 Å². The molecule has 3 atom stereocenters. The van der Waals surface area contributed by atoms with Crippen LogP contribution in [0.3, 0.4) is 0 Å². The molecule has 2 N–H and O–H groups in total. The SMILES string of the molecule is C[NH+](CC(=O)Nc1ccccc1C(F)(F)F)CN1C(=O)[C@H]2CCCC[C@H]2C1=O. The summed E-state index contributed by atoms with van der Waals surface area (Å²) in [6.07, 6.45) is -1.30. The van der Waals surface area contributed by atoms with Crippen LogP contribution in [0.1, 0.15) is 31.2 Å². The number of carbonyl (C=O) groups is 3. The standard InChI is InChI=1S/C19H22F3N3O3/c1-24(11-25-17(27)12-6-2-3-7-13(12)18(25)28)10-16(26)23-15-9-5-4-8-14(15)19(20,21)22/h4-5,8-9,12-13H,2-3,6-7,10-11H2,1H3,(H,23,26)/p+1/t12-,13+. The van der Waals surface area contributed by atoms with Gasteiger partial charge in [-0.1, -0.05) is 25.0 Å². The maximum atomic E-state index is 13.0. The fraction of sp³-hybridized carbons (Fsp3) is 0.526. The molecule has 1 saturated carbocycles. The zero-order chi connectivity index (χ0) is 20.5. The summed E-state index contributed by atoms with van der Waals surface area (Å²) in [5.41, 5.74) is -1.23. The fourth-order valence-corrected chi connectivity index (χ4v) is 4.02. The van der Waals surface area contributed by atoms with Gasteiger partial charge < -0.3 is 10.2 Å². The predicted molar refractivity (Wildman–Crippen MR) is 94.0 cm³/mol.